The van der Waals surface area contributed by atoms with Crippen molar-refractivity contribution >= 4 is 23.3 Å². The van der Waals surface area contributed by atoms with Crippen LogP contribution in [0.25, 0.3) is 0 Å². The molecule has 23 heavy (non-hydrogen) atoms. The Morgan fingerprint density at radius 3 is 2.52 bits per heavy atom. The number of anilines is 1. The third kappa shape index (κ3) is 4.75. The minimum atomic E-state index is -0.335. The number of ether oxygens (including phenoxy) is 2. The molecule has 0 fully saturated rings. The Kier molecular flexibility index (Phi) is 6.05. The molecule has 1 aromatic carbocycles. The number of benzene rings is 1. The smallest absolute Gasteiger partial charge is 0.319 e. The molecule has 0 atom stereocenters. The third-order valence-corrected chi connectivity index (χ3v) is 3.47. The van der Waals surface area contributed by atoms with Gasteiger partial charge in [-0.1, -0.05) is 11.6 Å². The van der Waals surface area contributed by atoms with Crippen LogP contribution < -0.4 is 20.1 Å². The van der Waals surface area contributed by atoms with E-state index in [2.05, 4.69) is 15.6 Å². The van der Waals surface area contributed by atoms with Crippen LogP contribution in [0.15, 0.2) is 36.7 Å². The fraction of sp³-hybridized carbons (Fsp3) is 0.250. The maximum Gasteiger partial charge on any atom is 0.319 e. The van der Waals surface area contributed by atoms with Crippen molar-refractivity contribution in [3.63, 3.8) is 0 Å². The Balaban J connectivity index is 1.93. The molecule has 0 bridgehead atoms. The van der Waals surface area contributed by atoms with Crippen LogP contribution in [0, 0.1) is 0 Å². The van der Waals surface area contributed by atoms with E-state index >= 15 is 0 Å². The summed E-state index contributed by atoms with van der Waals surface area (Å²) in [6, 6.07) is 6.69. The van der Waals surface area contributed by atoms with Crippen LogP contribution in [-0.2, 0) is 6.42 Å². The van der Waals surface area contributed by atoms with Crippen molar-refractivity contribution in [3.05, 3.63) is 47.2 Å². The molecule has 6 nitrogen and oxygen atoms in total. The van der Waals surface area contributed by atoms with E-state index in [1.807, 2.05) is 12.1 Å². The second-order valence-electron chi connectivity index (χ2n) is 4.67. The lowest BCUT2D eigenvalue weighted by molar-refractivity contribution is 0.252. The number of carbonyl (C=O) groups excluding carboxylic acids is 1. The van der Waals surface area contributed by atoms with E-state index in [1.165, 1.54) is 14.2 Å². The monoisotopic (exact) mass is 335 g/mol. The number of halogens is 1. The summed E-state index contributed by atoms with van der Waals surface area (Å²) < 4.78 is 10.3. The Morgan fingerprint density at radius 2 is 1.87 bits per heavy atom. The van der Waals surface area contributed by atoms with Gasteiger partial charge in [-0.05, 0) is 30.2 Å². The molecule has 7 heteroatoms. The zero-order chi connectivity index (χ0) is 16.7. The van der Waals surface area contributed by atoms with Gasteiger partial charge in [0.2, 0.25) is 0 Å². The van der Waals surface area contributed by atoms with E-state index < -0.39 is 0 Å². The minimum absolute atomic E-state index is 0.335. The number of carbonyl (C=O) groups is 1. The first-order chi connectivity index (χ1) is 11.1. The molecule has 1 aromatic heterocycles. The number of urea groups is 1. The maximum absolute atomic E-state index is 12.0. The van der Waals surface area contributed by atoms with Gasteiger partial charge in [-0.25, -0.2) is 4.79 Å². The average Bonchev–Trinajstić information content (AvgIpc) is 2.56. The predicted molar refractivity (Wildman–Crippen MR) is 89.5 cm³/mol. The van der Waals surface area contributed by atoms with Crippen molar-refractivity contribution in [2.45, 2.75) is 6.42 Å². The van der Waals surface area contributed by atoms with Gasteiger partial charge in [-0.3, -0.25) is 4.98 Å². The summed E-state index contributed by atoms with van der Waals surface area (Å²) in [5.41, 5.74) is 1.57. The molecule has 2 aromatic rings. The number of pyridine rings is 1. The summed E-state index contributed by atoms with van der Waals surface area (Å²) in [4.78, 5) is 15.9. The predicted octanol–water partition coefficient (Wildman–Crippen LogP) is 3.12. The van der Waals surface area contributed by atoms with Gasteiger partial charge >= 0.3 is 6.03 Å². The van der Waals surface area contributed by atoms with Crippen LogP contribution >= 0.6 is 11.6 Å². The van der Waals surface area contributed by atoms with E-state index in [-0.39, 0.29) is 6.03 Å². The SMILES string of the molecule is COc1cc(OC)c(NC(=O)NCCc2ccncc2)cc1Cl. The standard InChI is InChI=1S/C16H18ClN3O3/c1-22-14-10-15(23-2)13(9-12(14)17)20-16(21)19-8-5-11-3-6-18-7-4-11/h3-4,6-7,9-10H,5,8H2,1-2H3,(H2,19,20,21). The molecule has 0 aliphatic heterocycles. The molecule has 122 valence electrons. The van der Waals surface area contributed by atoms with Crippen molar-refractivity contribution in [1.82, 2.24) is 10.3 Å². The van der Waals surface area contributed by atoms with E-state index in [4.69, 9.17) is 21.1 Å². The van der Waals surface area contributed by atoms with Crippen LogP contribution in [0.5, 0.6) is 11.5 Å². The minimum Gasteiger partial charge on any atom is -0.495 e. The molecule has 0 saturated carbocycles. The summed E-state index contributed by atoms with van der Waals surface area (Å²) in [7, 11) is 3.02. The van der Waals surface area contributed by atoms with Gasteiger partial charge in [0, 0.05) is 25.0 Å². The highest BCUT2D eigenvalue weighted by Crippen LogP contribution is 2.35. The van der Waals surface area contributed by atoms with Crippen molar-refractivity contribution in [3.8, 4) is 11.5 Å². The van der Waals surface area contributed by atoms with Gasteiger partial charge in [0.15, 0.2) is 0 Å². The van der Waals surface area contributed by atoms with Gasteiger partial charge < -0.3 is 20.1 Å². The molecule has 0 unspecified atom stereocenters. The van der Waals surface area contributed by atoms with Crippen molar-refractivity contribution in [2.24, 2.45) is 0 Å². The van der Waals surface area contributed by atoms with Crippen molar-refractivity contribution < 1.29 is 14.3 Å². The number of hydrogen-bond donors (Lipinski definition) is 2. The quantitative estimate of drug-likeness (QED) is 0.850. The van der Waals surface area contributed by atoms with Gasteiger partial charge in [0.1, 0.15) is 11.5 Å². The van der Waals surface area contributed by atoms with Gasteiger partial charge in [-0.2, -0.15) is 0 Å². The van der Waals surface area contributed by atoms with Crippen LogP contribution in [0.1, 0.15) is 5.56 Å². The fourth-order valence-corrected chi connectivity index (χ4v) is 2.23. The van der Waals surface area contributed by atoms with E-state index in [9.17, 15) is 4.79 Å². The van der Waals surface area contributed by atoms with Crippen LogP contribution in [0.3, 0.4) is 0 Å². The molecular formula is C16H18ClN3O3. The van der Waals surface area contributed by atoms with Crippen LogP contribution in [-0.4, -0.2) is 31.8 Å². The largest absolute Gasteiger partial charge is 0.495 e. The second-order valence-corrected chi connectivity index (χ2v) is 5.08. The zero-order valence-corrected chi connectivity index (χ0v) is 13.7. The molecule has 2 amide bonds. The number of hydrogen-bond acceptors (Lipinski definition) is 4. The highest BCUT2D eigenvalue weighted by molar-refractivity contribution is 6.32. The first kappa shape index (κ1) is 16.9. The lowest BCUT2D eigenvalue weighted by Gasteiger charge is -2.13. The number of rotatable bonds is 6. The van der Waals surface area contributed by atoms with Crippen molar-refractivity contribution in [1.29, 1.82) is 0 Å². The first-order valence-corrected chi connectivity index (χ1v) is 7.37. The lowest BCUT2D eigenvalue weighted by Crippen LogP contribution is -2.30. The number of amides is 2. The van der Waals surface area contributed by atoms with E-state index in [0.717, 1.165) is 12.0 Å². The Morgan fingerprint density at radius 1 is 1.17 bits per heavy atom. The number of nitrogens with one attached hydrogen (secondary N) is 2. The summed E-state index contributed by atoms with van der Waals surface area (Å²) in [6.07, 6.45) is 4.16. The number of methoxy groups -OCH3 is 2. The Hall–Kier alpha value is -2.47. The summed E-state index contributed by atoms with van der Waals surface area (Å²) in [6.45, 7) is 0.502. The Labute approximate surface area is 139 Å². The second kappa shape index (κ2) is 8.24. The van der Waals surface area contributed by atoms with Gasteiger partial charge in [0.25, 0.3) is 0 Å². The maximum atomic E-state index is 12.0. The van der Waals surface area contributed by atoms with Gasteiger partial charge in [0.05, 0.1) is 24.9 Å². The molecule has 1 heterocycles. The molecule has 0 saturated heterocycles. The van der Waals surface area contributed by atoms with Crippen LogP contribution in [0.4, 0.5) is 10.5 Å². The summed E-state index contributed by atoms with van der Waals surface area (Å²) >= 11 is 6.07. The molecule has 2 rings (SSSR count). The van der Waals surface area contributed by atoms with Crippen molar-refractivity contribution in [2.75, 3.05) is 26.1 Å². The Bertz CT molecular complexity index is 665. The molecule has 0 aliphatic carbocycles. The molecule has 2 N–H and O–H groups in total. The summed E-state index contributed by atoms with van der Waals surface area (Å²) in [5.74, 6) is 0.947. The molecule has 0 radical (unpaired) electrons. The summed E-state index contributed by atoms with van der Waals surface area (Å²) in [5, 5.41) is 5.88. The molecule has 0 spiro atoms. The van der Waals surface area contributed by atoms with E-state index in [0.29, 0.717) is 28.8 Å². The third-order valence-electron chi connectivity index (χ3n) is 3.17. The fourth-order valence-electron chi connectivity index (χ4n) is 1.99. The average molecular weight is 336 g/mol. The highest BCUT2D eigenvalue weighted by atomic mass is 35.5. The topological polar surface area (TPSA) is 72.5 Å². The normalized spacial score (nSPS) is 10.0. The zero-order valence-electron chi connectivity index (χ0n) is 12.9. The lowest BCUT2D eigenvalue weighted by atomic mass is 10.2. The number of nitrogens with zero attached hydrogens (tertiary/aromatic N) is 1. The molecular weight excluding hydrogens is 318 g/mol. The highest BCUT2D eigenvalue weighted by Gasteiger charge is 2.12. The number of aromatic nitrogens is 1. The first-order valence-electron chi connectivity index (χ1n) is 6.99. The molecule has 0 aliphatic rings. The van der Waals surface area contributed by atoms with Gasteiger partial charge in [-0.15, -0.1) is 0 Å². The van der Waals surface area contributed by atoms with E-state index in [1.54, 1.807) is 24.5 Å². The van der Waals surface area contributed by atoms with Crippen LogP contribution in [0.2, 0.25) is 5.02 Å².